The van der Waals surface area contributed by atoms with Crippen LogP contribution >= 0.6 is 0 Å². The van der Waals surface area contributed by atoms with Crippen LogP contribution in [0, 0.1) is 13.8 Å². The summed E-state index contributed by atoms with van der Waals surface area (Å²) in [7, 11) is 0.131. The monoisotopic (exact) mass is 368 g/mol. The SMILES string of the molecule is COc1cc(S(=O)(=O)N2CCC3(CC2)CN(C)CCO3)c(C)cc1C. The first-order chi connectivity index (χ1) is 11.8. The summed E-state index contributed by atoms with van der Waals surface area (Å²) in [6.07, 6.45) is 1.47. The van der Waals surface area contributed by atoms with E-state index in [4.69, 9.17) is 9.47 Å². The number of morpholine rings is 1. The standard InChI is InChI=1S/C18H28N2O4S/c1-14-11-15(2)17(12-16(14)23-4)25(21,22)20-7-5-18(6-8-20)13-19(3)9-10-24-18/h11-12H,5-10,13H2,1-4H3. The fraction of sp³-hybridized carbons (Fsp3) is 0.667. The Kier molecular flexibility index (Phi) is 5.12. The van der Waals surface area contributed by atoms with Crippen molar-refractivity contribution in [3.8, 4) is 5.75 Å². The van der Waals surface area contributed by atoms with Gasteiger partial charge in [0.05, 0.1) is 24.2 Å². The number of sulfonamides is 1. The normalized spacial score (nSPS) is 22.2. The van der Waals surface area contributed by atoms with Gasteiger partial charge in [-0.05, 0) is 44.9 Å². The van der Waals surface area contributed by atoms with E-state index in [0.29, 0.717) is 23.7 Å². The number of rotatable bonds is 3. The Labute approximate surface area is 150 Å². The largest absolute Gasteiger partial charge is 0.496 e. The van der Waals surface area contributed by atoms with Gasteiger partial charge in [-0.25, -0.2) is 8.42 Å². The number of aryl methyl sites for hydroxylation is 2. The zero-order valence-corrected chi connectivity index (χ0v) is 16.4. The molecule has 2 aliphatic rings. The van der Waals surface area contributed by atoms with E-state index in [0.717, 1.165) is 43.7 Å². The van der Waals surface area contributed by atoms with Crippen LogP contribution in [0.5, 0.6) is 5.75 Å². The zero-order chi connectivity index (χ0) is 18.2. The maximum Gasteiger partial charge on any atom is 0.243 e. The summed E-state index contributed by atoms with van der Waals surface area (Å²) >= 11 is 0. The molecule has 1 spiro atoms. The lowest BCUT2D eigenvalue weighted by molar-refractivity contribution is -0.124. The summed E-state index contributed by atoms with van der Waals surface area (Å²) < 4.78 is 39.2. The second kappa shape index (κ2) is 6.87. The van der Waals surface area contributed by atoms with Crippen LogP contribution in [0.2, 0.25) is 0 Å². The topological polar surface area (TPSA) is 59.1 Å². The Balaban J connectivity index is 1.81. The lowest BCUT2D eigenvalue weighted by Crippen LogP contribution is -2.56. The first-order valence-corrected chi connectivity index (χ1v) is 10.2. The minimum Gasteiger partial charge on any atom is -0.496 e. The molecule has 0 bridgehead atoms. The van der Waals surface area contributed by atoms with Crippen molar-refractivity contribution in [3.05, 3.63) is 23.3 Å². The summed E-state index contributed by atoms with van der Waals surface area (Å²) in [4.78, 5) is 2.61. The van der Waals surface area contributed by atoms with Crippen LogP contribution in [-0.4, -0.2) is 70.2 Å². The number of likely N-dealkylation sites (N-methyl/N-ethyl adjacent to an activating group) is 1. The number of nitrogens with zero attached hydrogens (tertiary/aromatic N) is 2. The van der Waals surface area contributed by atoms with Crippen LogP contribution in [0.15, 0.2) is 17.0 Å². The molecule has 2 heterocycles. The molecular weight excluding hydrogens is 340 g/mol. The molecule has 2 fully saturated rings. The van der Waals surface area contributed by atoms with Crippen molar-refractivity contribution in [2.75, 3.05) is 46.9 Å². The highest BCUT2D eigenvalue weighted by atomic mass is 32.2. The van der Waals surface area contributed by atoms with Crippen molar-refractivity contribution in [1.82, 2.24) is 9.21 Å². The van der Waals surface area contributed by atoms with Crippen molar-refractivity contribution < 1.29 is 17.9 Å². The van der Waals surface area contributed by atoms with Gasteiger partial charge >= 0.3 is 0 Å². The molecule has 0 unspecified atom stereocenters. The minimum atomic E-state index is -3.53. The molecule has 0 amide bonds. The molecule has 0 atom stereocenters. The van der Waals surface area contributed by atoms with Crippen molar-refractivity contribution in [2.45, 2.75) is 37.2 Å². The van der Waals surface area contributed by atoms with Crippen molar-refractivity contribution >= 4 is 10.0 Å². The average Bonchev–Trinajstić information content (AvgIpc) is 2.55. The van der Waals surface area contributed by atoms with E-state index < -0.39 is 10.0 Å². The zero-order valence-electron chi connectivity index (χ0n) is 15.5. The van der Waals surface area contributed by atoms with Crippen molar-refractivity contribution in [3.63, 3.8) is 0 Å². The Hall–Kier alpha value is -1.15. The number of benzene rings is 1. The number of hydrogen-bond acceptors (Lipinski definition) is 5. The van der Waals surface area contributed by atoms with Crippen LogP contribution in [-0.2, 0) is 14.8 Å². The number of hydrogen-bond donors (Lipinski definition) is 0. The van der Waals surface area contributed by atoms with Gasteiger partial charge in [0.2, 0.25) is 10.0 Å². The van der Waals surface area contributed by atoms with Gasteiger partial charge in [0.1, 0.15) is 5.75 Å². The third kappa shape index (κ3) is 3.56. The molecule has 6 nitrogen and oxygen atoms in total. The molecule has 3 rings (SSSR count). The smallest absolute Gasteiger partial charge is 0.243 e. The number of ether oxygens (including phenoxy) is 2. The quantitative estimate of drug-likeness (QED) is 0.814. The lowest BCUT2D eigenvalue weighted by Gasteiger charge is -2.46. The molecule has 0 saturated carbocycles. The Morgan fingerprint density at radius 2 is 1.80 bits per heavy atom. The second-order valence-electron chi connectivity index (χ2n) is 7.26. The molecule has 0 radical (unpaired) electrons. The van der Waals surface area contributed by atoms with Gasteiger partial charge in [-0.3, -0.25) is 0 Å². The minimum absolute atomic E-state index is 0.195. The van der Waals surface area contributed by atoms with Gasteiger partial charge in [0, 0.05) is 32.2 Å². The van der Waals surface area contributed by atoms with Crippen molar-refractivity contribution in [1.29, 1.82) is 0 Å². The van der Waals surface area contributed by atoms with Crippen LogP contribution < -0.4 is 4.74 Å². The van der Waals surface area contributed by atoms with E-state index in [1.807, 2.05) is 19.9 Å². The van der Waals surface area contributed by atoms with Crippen LogP contribution in [0.3, 0.4) is 0 Å². The fourth-order valence-electron chi connectivity index (χ4n) is 3.92. The first-order valence-electron chi connectivity index (χ1n) is 8.75. The Morgan fingerprint density at radius 1 is 1.12 bits per heavy atom. The van der Waals surface area contributed by atoms with E-state index in [1.165, 1.54) is 0 Å². The fourth-order valence-corrected chi connectivity index (χ4v) is 5.59. The summed E-state index contributed by atoms with van der Waals surface area (Å²) in [5.41, 5.74) is 1.50. The maximum absolute atomic E-state index is 13.1. The molecule has 0 aliphatic carbocycles. The van der Waals surface area contributed by atoms with E-state index in [2.05, 4.69) is 11.9 Å². The highest BCUT2D eigenvalue weighted by molar-refractivity contribution is 7.89. The van der Waals surface area contributed by atoms with Gasteiger partial charge in [-0.15, -0.1) is 0 Å². The van der Waals surface area contributed by atoms with E-state index in [-0.39, 0.29) is 5.60 Å². The number of methoxy groups -OCH3 is 1. The third-order valence-corrected chi connectivity index (χ3v) is 7.42. The van der Waals surface area contributed by atoms with Crippen molar-refractivity contribution in [2.24, 2.45) is 0 Å². The molecule has 0 N–H and O–H groups in total. The Morgan fingerprint density at radius 3 is 2.40 bits per heavy atom. The first kappa shape index (κ1) is 18.6. The molecule has 7 heteroatoms. The summed E-state index contributed by atoms with van der Waals surface area (Å²) in [6.45, 7) is 7.27. The van der Waals surface area contributed by atoms with Gasteiger partial charge in [-0.2, -0.15) is 4.31 Å². The highest BCUT2D eigenvalue weighted by Gasteiger charge is 2.42. The molecule has 140 valence electrons. The third-order valence-electron chi connectivity index (χ3n) is 5.38. The van der Waals surface area contributed by atoms with Crippen LogP contribution in [0.1, 0.15) is 24.0 Å². The molecule has 1 aromatic carbocycles. The number of piperidine rings is 1. The predicted molar refractivity (Wildman–Crippen MR) is 96.6 cm³/mol. The molecule has 25 heavy (non-hydrogen) atoms. The molecule has 2 saturated heterocycles. The second-order valence-corrected chi connectivity index (χ2v) is 9.17. The van der Waals surface area contributed by atoms with E-state index >= 15 is 0 Å². The van der Waals surface area contributed by atoms with E-state index in [1.54, 1.807) is 17.5 Å². The summed E-state index contributed by atoms with van der Waals surface area (Å²) in [5, 5.41) is 0. The predicted octanol–water partition coefficient (Wildman–Crippen LogP) is 1.80. The van der Waals surface area contributed by atoms with E-state index in [9.17, 15) is 8.42 Å². The van der Waals surface area contributed by atoms with Crippen LogP contribution in [0.25, 0.3) is 0 Å². The van der Waals surface area contributed by atoms with Gasteiger partial charge in [-0.1, -0.05) is 6.07 Å². The molecule has 1 aromatic rings. The molecular formula is C18H28N2O4S. The molecule has 2 aliphatic heterocycles. The highest BCUT2D eigenvalue weighted by Crippen LogP contribution is 2.34. The van der Waals surface area contributed by atoms with Gasteiger partial charge < -0.3 is 14.4 Å². The molecule has 0 aromatic heterocycles. The van der Waals surface area contributed by atoms with Gasteiger partial charge in [0.15, 0.2) is 0 Å². The lowest BCUT2D eigenvalue weighted by atomic mass is 9.90. The average molecular weight is 368 g/mol. The Bertz CT molecular complexity index is 740. The van der Waals surface area contributed by atoms with Crippen LogP contribution in [0.4, 0.5) is 0 Å². The summed E-state index contributed by atoms with van der Waals surface area (Å²) in [6, 6.07) is 3.52. The van der Waals surface area contributed by atoms with Gasteiger partial charge in [0.25, 0.3) is 0 Å². The summed E-state index contributed by atoms with van der Waals surface area (Å²) in [5.74, 6) is 0.606. The maximum atomic E-state index is 13.1.